The van der Waals surface area contributed by atoms with E-state index in [-0.39, 0.29) is 0 Å². The smallest absolute Gasteiger partial charge is 0.261 e. The van der Waals surface area contributed by atoms with E-state index in [9.17, 15) is 13.6 Å². The summed E-state index contributed by atoms with van der Waals surface area (Å²) in [4.78, 5) is 16.6. The zero-order chi connectivity index (χ0) is 18.2. The second-order valence-corrected chi connectivity index (χ2v) is 6.94. The van der Waals surface area contributed by atoms with Crippen LogP contribution in [0.4, 0.5) is 14.5 Å². The van der Waals surface area contributed by atoms with Gasteiger partial charge in [0.05, 0.1) is 17.4 Å². The molecule has 3 rings (SSSR count). The van der Waals surface area contributed by atoms with Gasteiger partial charge in [0.2, 0.25) is 0 Å². The van der Waals surface area contributed by atoms with Crippen LogP contribution >= 0.6 is 0 Å². The Labute approximate surface area is 144 Å². The normalized spacial score (nSPS) is 11.6. The predicted molar refractivity (Wildman–Crippen MR) is 94.8 cm³/mol. The molecular formula is C20H18F2N2O. The van der Waals surface area contributed by atoms with Gasteiger partial charge in [-0.2, -0.15) is 0 Å². The first kappa shape index (κ1) is 17.0. The monoisotopic (exact) mass is 340 g/mol. The zero-order valence-corrected chi connectivity index (χ0v) is 14.2. The molecule has 0 radical (unpaired) electrons. The van der Waals surface area contributed by atoms with Crippen LogP contribution in [0.5, 0.6) is 0 Å². The fourth-order valence-corrected chi connectivity index (χ4v) is 2.56. The van der Waals surface area contributed by atoms with Crippen molar-refractivity contribution >= 4 is 22.5 Å². The van der Waals surface area contributed by atoms with Gasteiger partial charge in [0.25, 0.3) is 5.91 Å². The Balaban J connectivity index is 1.92. The summed E-state index contributed by atoms with van der Waals surface area (Å²) in [7, 11) is 0. The van der Waals surface area contributed by atoms with Crippen LogP contribution in [0.15, 0.2) is 48.7 Å². The van der Waals surface area contributed by atoms with Crippen molar-refractivity contribution in [1.82, 2.24) is 4.98 Å². The van der Waals surface area contributed by atoms with Crippen LogP contribution in [0.25, 0.3) is 10.9 Å². The molecule has 0 atom stereocenters. The van der Waals surface area contributed by atoms with Crippen molar-refractivity contribution in [2.75, 3.05) is 5.32 Å². The molecule has 128 valence electrons. The first-order valence-electron chi connectivity index (χ1n) is 7.91. The number of hydrogen-bond acceptors (Lipinski definition) is 2. The van der Waals surface area contributed by atoms with Crippen molar-refractivity contribution in [3.8, 4) is 0 Å². The van der Waals surface area contributed by atoms with E-state index in [2.05, 4.69) is 10.3 Å². The number of pyridine rings is 1. The van der Waals surface area contributed by atoms with Gasteiger partial charge in [-0.25, -0.2) is 8.78 Å². The van der Waals surface area contributed by atoms with Gasteiger partial charge < -0.3 is 5.32 Å². The molecular weight excluding hydrogens is 322 g/mol. The molecule has 3 nitrogen and oxygen atoms in total. The Kier molecular flexibility index (Phi) is 4.25. The van der Waals surface area contributed by atoms with E-state index in [0.29, 0.717) is 11.3 Å². The molecule has 0 aliphatic heterocycles. The van der Waals surface area contributed by atoms with Crippen molar-refractivity contribution < 1.29 is 13.6 Å². The number of nitrogens with zero attached hydrogens (tertiary/aromatic N) is 1. The van der Waals surface area contributed by atoms with E-state index in [1.165, 1.54) is 18.3 Å². The van der Waals surface area contributed by atoms with Crippen LogP contribution in [-0.4, -0.2) is 10.9 Å². The van der Waals surface area contributed by atoms with Gasteiger partial charge >= 0.3 is 0 Å². The van der Waals surface area contributed by atoms with Crippen molar-refractivity contribution in [2.24, 2.45) is 0 Å². The molecule has 25 heavy (non-hydrogen) atoms. The van der Waals surface area contributed by atoms with Crippen molar-refractivity contribution in [2.45, 2.75) is 26.2 Å². The SMILES string of the molecule is CC(C)(C)c1cc(F)c(C(=O)Nc2cnc3ccccc3c2)c(F)c1. The first-order chi connectivity index (χ1) is 11.8. The van der Waals surface area contributed by atoms with Crippen LogP contribution in [0, 0.1) is 11.6 Å². The molecule has 0 aliphatic carbocycles. The Morgan fingerprint density at radius 2 is 1.68 bits per heavy atom. The maximum atomic E-state index is 14.3. The van der Waals surface area contributed by atoms with Crippen molar-refractivity contribution in [3.63, 3.8) is 0 Å². The lowest BCUT2D eigenvalue weighted by atomic mass is 9.86. The number of amides is 1. The van der Waals surface area contributed by atoms with Crippen LogP contribution in [-0.2, 0) is 5.41 Å². The number of fused-ring (bicyclic) bond motifs is 1. The summed E-state index contributed by atoms with van der Waals surface area (Å²) in [6, 6.07) is 11.5. The Hall–Kier alpha value is -2.82. The lowest BCUT2D eigenvalue weighted by Crippen LogP contribution is -2.19. The summed E-state index contributed by atoms with van der Waals surface area (Å²) in [5, 5.41) is 3.33. The molecule has 0 saturated heterocycles. The molecule has 0 saturated carbocycles. The van der Waals surface area contributed by atoms with Gasteiger partial charge in [-0.05, 0) is 35.2 Å². The lowest BCUT2D eigenvalue weighted by molar-refractivity contribution is 0.101. The van der Waals surface area contributed by atoms with Gasteiger partial charge in [0.1, 0.15) is 17.2 Å². The van der Waals surface area contributed by atoms with Gasteiger partial charge in [0, 0.05) is 5.39 Å². The molecule has 1 amide bonds. The number of carbonyl (C=O) groups is 1. The third-order valence-electron chi connectivity index (χ3n) is 3.98. The molecule has 1 aromatic heterocycles. The van der Waals surface area contributed by atoms with Crippen LogP contribution in [0.2, 0.25) is 0 Å². The van der Waals surface area contributed by atoms with Gasteiger partial charge in [0.15, 0.2) is 0 Å². The fourth-order valence-electron chi connectivity index (χ4n) is 2.56. The van der Waals surface area contributed by atoms with E-state index in [0.717, 1.165) is 10.9 Å². The number of nitrogens with one attached hydrogen (secondary N) is 1. The molecule has 1 N–H and O–H groups in total. The quantitative estimate of drug-likeness (QED) is 0.708. The fraction of sp³-hybridized carbons (Fsp3) is 0.200. The maximum absolute atomic E-state index is 14.3. The standard InChI is InChI=1S/C20H18F2N2O/c1-20(2,3)13-9-15(21)18(16(22)10-13)19(25)24-14-8-12-6-4-5-7-17(12)23-11-14/h4-11H,1-3H3,(H,24,25). The predicted octanol–water partition coefficient (Wildman–Crippen LogP) is 5.06. The average Bonchev–Trinajstić information content (AvgIpc) is 2.53. The van der Waals surface area contributed by atoms with Gasteiger partial charge in [-0.15, -0.1) is 0 Å². The van der Waals surface area contributed by atoms with E-state index in [1.807, 2.05) is 45.0 Å². The zero-order valence-electron chi connectivity index (χ0n) is 14.2. The summed E-state index contributed by atoms with van der Waals surface area (Å²) >= 11 is 0. The number of carbonyl (C=O) groups excluding carboxylic acids is 1. The Morgan fingerprint density at radius 3 is 2.32 bits per heavy atom. The van der Waals surface area contributed by atoms with E-state index in [4.69, 9.17) is 0 Å². The molecule has 0 unspecified atom stereocenters. The van der Waals surface area contributed by atoms with Crippen LogP contribution in [0.1, 0.15) is 36.7 Å². The second kappa shape index (κ2) is 6.24. The summed E-state index contributed by atoms with van der Waals surface area (Å²) in [5.74, 6) is -2.60. The highest BCUT2D eigenvalue weighted by Crippen LogP contribution is 2.27. The van der Waals surface area contributed by atoms with Gasteiger partial charge in [-0.3, -0.25) is 9.78 Å². The highest BCUT2D eigenvalue weighted by Gasteiger charge is 2.23. The highest BCUT2D eigenvalue weighted by molar-refractivity contribution is 6.05. The maximum Gasteiger partial charge on any atom is 0.261 e. The van der Waals surface area contributed by atoms with E-state index >= 15 is 0 Å². The minimum absolute atomic E-state index is 0.377. The van der Waals surface area contributed by atoms with E-state index < -0.39 is 28.5 Å². The Bertz CT molecular complexity index is 938. The van der Waals surface area contributed by atoms with Crippen LogP contribution < -0.4 is 5.32 Å². The summed E-state index contributed by atoms with van der Waals surface area (Å²) in [6.07, 6.45) is 1.46. The molecule has 0 bridgehead atoms. The summed E-state index contributed by atoms with van der Waals surface area (Å²) < 4.78 is 28.7. The first-order valence-corrected chi connectivity index (χ1v) is 7.91. The third kappa shape index (κ3) is 3.50. The summed E-state index contributed by atoms with van der Waals surface area (Å²) in [6.45, 7) is 5.55. The van der Waals surface area contributed by atoms with Crippen molar-refractivity contribution in [1.29, 1.82) is 0 Å². The largest absolute Gasteiger partial charge is 0.320 e. The number of rotatable bonds is 2. The minimum atomic E-state index is -0.879. The third-order valence-corrected chi connectivity index (χ3v) is 3.98. The number of anilines is 1. The van der Waals surface area contributed by atoms with Gasteiger partial charge in [-0.1, -0.05) is 39.0 Å². The number of halogens is 2. The summed E-state index contributed by atoms with van der Waals surface area (Å²) in [5.41, 5.74) is 0.626. The molecule has 0 spiro atoms. The second-order valence-electron chi connectivity index (χ2n) is 6.94. The molecule has 2 aromatic carbocycles. The molecule has 3 aromatic rings. The Morgan fingerprint density at radius 1 is 1.04 bits per heavy atom. The molecule has 0 fully saturated rings. The minimum Gasteiger partial charge on any atom is -0.320 e. The topological polar surface area (TPSA) is 42.0 Å². The molecule has 5 heteroatoms. The lowest BCUT2D eigenvalue weighted by Gasteiger charge is -2.20. The average molecular weight is 340 g/mol. The van der Waals surface area contributed by atoms with Crippen molar-refractivity contribution in [3.05, 3.63) is 71.4 Å². The van der Waals surface area contributed by atoms with E-state index in [1.54, 1.807) is 6.07 Å². The highest BCUT2D eigenvalue weighted by atomic mass is 19.1. The molecule has 1 heterocycles. The molecule has 0 aliphatic rings. The van der Waals surface area contributed by atoms with Crippen LogP contribution in [0.3, 0.4) is 0 Å². The number of hydrogen-bond donors (Lipinski definition) is 1. The number of para-hydroxylation sites is 1. The number of aromatic nitrogens is 1. The number of benzene rings is 2.